The second-order valence-electron chi connectivity index (χ2n) is 7.90. The van der Waals surface area contributed by atoms with Crippen LogP contribution in [0.4, 0.5) is 0 Å². The van der Waals surface area contributed by atoms with Gasteiger partial charge in [0.2, 0.25) is 0 Å². The first kappa shape index (κ1) is 22.7. The van der Waals surface area contributed by atoms with Crippen molar-refractivity contribution in [3.63, 3.8) is 0 Å². The maximum Gasteiger partial charge on any atom is 0.125 e. The van der Waals surface area contributed by atoms with Crippen molar-refractivity contribution in [2.24, 2.45) is 5.16 Å². The quantitative estimate of drug-likeness (QED) is 0.282. The van der Waals surface area contributed by atoms with Gasteiger partial charge in [-0.25, -0.2) is 0 Å². The zero-order valence-electron chi connectivity index (χ0n) is 19.0. The lowest BCUT2D eigenvalue weighted by atomic mass is 9.94. The Balaban J connectivity index is 1.59. The minimum absolute atomic E-state index is 0.152. The van der Waals surface area contributed by atoms with Gasteiger partial charge in [0.1, 0.15) is 43.2 Å². The van der Waals surface area contributed by atoms with Crippen LogP contribution in [0.1, 0.15) is 49.3 Å². The number of rotatable bonds is 9. The summed E-state index contributed by atoms with van der Waals surface area (Å²) >= 11 is 0. The number of allylic oxidation sites excluding steroid dienone is 1. The van der Waals surface area contributed by atoms with Crippen LogP contribution in [0.15, 0.2) is 53.7 Å². The smallest absolute Gasteiger partial charge is 0.125 e. The van der Waals surface area contributed by atoms with E-state index in [4.69, 9.17) is 19.0 Å². The van der Waals surface area contributed by atoms with Gasteiger partial charge in [0.25, 0.3) is 0 Å². The van der Waals surface area contributed by atoms with E-state index < -0.39 is 0 Å². The fourth-order valence-electron chi connectivity index (χ4n) is 3.84. The molecule has 31 heavy (non-hydrogen) atoms. The Morgan fingerprint density at radius 3 is 2.29 bits per heavy atom. The molecule has 3 rings (SSSR count). The molecular weight excluding hydrogens is 390 g/mol. The average molecular weight is 424 g/mol. The molecule has 0 saturated heterocycles. The van der Waals surface area contributed by atoms with Crippen molar-refractivity contribution < 1.29 is 19.0 Å². The number of hydrogen-bond donors (Lipinski definition) is 0. The van der Waals surface area contributed by atoms with E-state index in [1.54, 1.807) is 6.21 Å². The summed E-state index contributed by atoms with van der Waals surface area (Å²) in [6.07, 6.45) is 10.0. The molecule has 0 radical (unpaired) electrons. The Bertz CT molecular complexity index is 866. The number of ether oxygens (including phenoxy) is 3. The van der Waals surface area contributed by atoms with Gasteiger partial charge in [-0.05, 0) is 93.1 Å². The monoisotopic (exact) mass is 423 g/mol. The van der Waals surface area contributed by atoms with Crippen LogP contribution < -0.4 is 14.2 Å². The number of hydrogen-bond acceptors (Lipinski definition) is 5. The number of nitrogens with zero attached hydrogens (tertiary/aromatic N) is 1. The molecule has 1 fully saturated rings. The molecule has 5 heteroatoms. The van der Waals surface area contributed by atoms with Gasteiger partial charge < -0.3 is 19.0 Å². The first-order valence-corrected chi connectivity index (χ1v) is 10.9. The summed E-state index contributed by atoms with van der Waals surface area (Å²) in [4.78, 5) is 4.72. The molecule has 0 aromatic heterocycles. The molecular formula is C26H33NO4. The van der Waals surface area contributed by atoms with E-state index in [0.29, 0.717) is 6.61 Å². The van der Waals surface area contributed by atoms with Crippen molar-refractivity contribution in [1.29, 1.82) is 0 Å². The van der Waals surface area contributed by atoms with Crippen LogP contribution in [-0.4, -0.2) is 32.1 Å². The van der Waals surface area contributed by atoms with E-state index >= 15 is 0 Å². The summed E-state index contributed by atoms with van der Waals surface area (Å²) in [6.45, 7) is 6.73. The average Bonchev–Trinajstić information content (AvgIpc) is 2.76. The van der Waals surface area contributed by atoms with E-state index in [1.807, 2.05) is 43.3 Å². The summed E-state index contributed by atoms with van der Waals surface area (Å²) in [7, 11) is 1.53. The summed E-state index contributed by atoms with van der Waals surface area (Å²) < 4.78 is 18.5. The molecule has 2 aromatic carbocycles. The fourth-order valence-corrected chi connectivity index (χ4v) is 3.84. The highest BCUT2D eigenvalue weighted by atomic mass is 16.6. The fraction of sp³-hybridized carbons (Fsp3) is 0.423. The molecule has 0 heterocycles. The summed E-state index contributed by atoms with van der Waals surface area (Å²) in [5, 5.41) is 3.78. The van der Waals surface area contributed by atoms with Crippen molar-refractivity contribution in [1.82, 2.24) is 0 Å². The highest BCUT2D eigenvalue weighted by Gasteiger charge is 2.26. The van der Waals surface area contributed by atoms with Gasteiger partial charge in [-0.1, -0.05) is 17.3 Å². The number of oxime groups is 1. The van der Waals surface area contributed by atoms with Crippen LogP contribution >= 0.6 is 0 Å². The zero-order chi connectivity index (χ0) is 22.1. The molecule has 0 N–H and O–H groups in total. The minimum Gasteiger partial charge on any atom is -0.490 e. The van der Waals surface area contributed by atoms with Crippen molar-refractivity contribution in [3.05, 3.63) is 65.2 Å². The predicted octanol–water partition coefficient (Wildman–Crippen LogP) is 6.01. The predicted molar refractivity (Wildman–Crippen MR) is 125 cm³/mol. The maximum absolute atomic E-state index is 6.45. The SMILES string of the molecule is C/C=C/COc1cc(C)c(OC2CCCC(Oc3ccc(/C=N/OC)cc3)C2)c(C)c1. The Labute approximate surface area is 185 Å². The van der Waals surface area contributed by atoms with E-state index in [-0.39, 0.29) is 12.2 Å². The zero-order valence-corrected chi connectivity index (χ0v) is 19.0. The van der Waals surface area contributed by atoms with Gasteiger partial charge >= 0.3 is 0 Å². The largest absolute Gasteiger partial charge is 0.490 e. The molecule has 0 amide bonds. The minimum atomic E-state index is 0.152. The second-order valence-corrected chi connectivity index (χ2v) is 7.90. The third kappa shape index (κ3) is 6.78. The van der Waals surface area contributed by atoms with Gasteiger partial charge in [-0.3, -0.25) is 0 Å². The number of aryl methyl sites for hydroxylation is 2. The first-order chi connectivity index (χ1) is 15.1. The third-order valence-electron chi connectivity index (χ3n) is 5.37. The van der Waals surface area contributed by atoms with Crippen LogP contribution in [0.5, 0.6) is 17.2 Å². The van der Waals surface area contributed by atoms with Crippen LogP contribution in [0.25, 0.3) is 0 Å². The van der Waals surface area contributed by atoms with Gasteiger partial charge in [0.15, 0.2) is 0 Å². The highest BCUT2D eigenvalue weighted by Crippen LogP contribution is 2.33. The summed E-state index contributed by atoms with van der Waals surface area (Å²) in [5.41, 5.74) is 3.18. The standard InChI is InChI=1S/C26H33NO4/c1-5-6-14-29-25-15-19(2)26(20(3)16-25)31-24-9-7-8-23(17-24)30-22-12-10-21(11-13-22)18-27-28-4/h5-6,10-13,15-16,18,23-24H,7-9,14,17H2,1-4H3/b6-5+,27-18+. The van der Waals surface area contributed by atoms with Gasteiger partial charge in [-0.2, -0.15) is 0 Å². The van der Waals surface area contributed by atoms with Crippen LogP contribution in [0, 0.1) is 13.8 Å². The summed E-state index contributed by atoms with van der Waals surface area (Å²) in [5.74, 6) is 2.71. The molecule has 0 spiro atoms. The Kier molecular flexibility index (Phi) is 8.39. The Morgan fingerprint density at radius 2 is 1.65 bits per heavy atom. The van der Waals surface area contributed by atoms with Crippen molar-refractivity contribution in [3.8, 4) is 17.2 Å². The van der Waals surface area contributed by atoms with Crippen LogP contribution in [0.2, 0.25) is 0 Å². The first-order valence-electron chi connectivity index (χ1n) is 10.9. The second kappa shape index (κ2) is 11.4. The lowest BCUT2D eigenvalue weighted by Crippen LogP contribution is -2.32. The van der Waals surface area contributed by atoms with E-state index in [2.05, 4.69) is 31.1 Å². The summed E-state index contributed by atoms with van der Waals surface area (Å²) in [6, 6.07) is 12.0. The van der Waals surface area contributed by atoms with Crippen molar-refractivity contribution >= 4 is 6.21 Å². The Hall–Kier alpha value is -2.95. The molecule has 2 atom stereocenters. The molecule has 1 aliphatic rings. The van der Waals surface area contributed by atoms with Crippen molar-refractivity contribution in [2.45, 2.75) is 58.7 Å². The number of benzene rings is 2. The van der Waals surface area contributed by atoms with E-state index in [1.165, 1.54) is 7.11 Å². The molecule has 5 nitrogen and oxygen atoms in total. The maximum atomic E-state index is 6.45. The molecule has 1 aliphatic carbocycles. The normalized spacial score (nSPS) is 19.0. The van der Waals surface area contributed by atoms with Crippen LogP contribution in [-0.2, 0) is 4.84 Å². The molecule has 0 aliphatic heterocycles. The highest BCUT2D eigenvalue weighted by molar-refractivity contribution is 5.79. The van der Waals surface area contributed by atoms with Crippen molar-refractivity contribution in [2.75, 3.05) is 13.7 Å². The topological polar surface area (TPSA) is 49.3 Å². The molecule has 2 aromatic rings. The van der Waals surface area contributed by atoms with E-state index in [0.717, 1.165) is 59.6 Å². The lowest BCUT2D eigenvalue weighted by Gasteiger charge is -2.31. The molecule has 0 bridgehead atoms. The van der Waals surface area contributed by atoms with Gasteiger partial charge in [-0.15, -0.1) is 0 Å². The molecule has 166 valence electrons. The Morgan fingerprint density at radius 1 is 0.968 bits per heavy atom. The van der Waals surface area contributed by atoms with Gasteiger partial charge in [0.05, 0.1) is 6.21 Å². The molecule has 2 unspecified atom stereocenters. The van der Waals surface area contributed by atoms with E-state index in [9.17, 15) is 0 Å². The van der Waals surface area contributed by atoms with Crippen LogP contribution in [0.3, 0.4) is 0 Å². The van der Waals surface area contributed by atoms with Gasteiger partial charge in [0, 0.05) is 6.42 Å². The lowest BCUT2D eigenvalue weighted by molar-refractivity contribution is 0.0672. The third-order valence-corrected chi connectivity index (χ3v) is 5.37. The molecule has 1 saturated carbocycles.